The highest BCUT2D eigenvalue weighted by Crippen LogP contribution is 2.48. The summed E-state index contributed by atoms with van der Waals surface area (Å²) < 4.78 is 38.2. The minimum absolute atomic E-state index is 0.0356. The van der Waals surface area contributed by atoms with E-state index >= 15 is 0 Å². The maximum atomic E-state index is 12.7. The van der Waals surface area contributed by atoms with Gasteiger partial charge in [0.25, 0.3) is 0 Å². The van der Waals surface area contributed by atoms with Crippen LogP contribution in [0.5, 0.6) is 0 Å². The highest BCUT2D eigenvalue weighted by Gasteiger charge is 2.56. The van der Waals surface area contributed by atoms with Crippen molar-refractivity contribution in [1.82, 2.24) is 0 Å². The van der Waals surface area contributed by atoms with E-state index in [2.05, 4.69) is 0 Å². The maximum absolute atomic E-state index is 12.7. The molecule has 0 aliphatic heterocycles. The van der Waals surface area contributed by atoms with Crippen molar-refractivity contribution >= 4 is 0 Å². The number of alkyl halides is 3. The van der Waals surface area contributed by atoms with Crippen LogP contribution in [0.2, 0.25) is 0 Å². The molecule has 84 valence electrons. The van der Waals surface area contributed by atoms with Crippen molar-refractivity contribution in [3.8, 4) is 0 Å². The van der Waals surface area contributed by atoms with E-state index in [0.29, 0.717) is 0 Å². The summed E-state index contributed by atoms with van der Waals surface area (Å²) in [5.74, 6) is 0.0466. The molecule has 2 unspecified atom stereocenters. The predicted molar refractivity (Wildman–Crippen MR) is 49.8 cm³/mol. The summed E-state index contributed by atoms with van der Waals surface area (Å²) in [5.41, 5.74) is 3.20. The molecule has 1 rings (SSSR count). The summed E-state index contributed by atoms with van der Waals surface area (Å²) in [6.45, 7) is 5.56. The van der Waals surface area contributed by atoms with Gasteiger partial charge in [-0.25, -0.2) is 0 Å². The molecule has 0 spiro atoms. The summed E-state index contributed by atoms with van der Waals surface area (Å²) in [5, 5.41) is 0. The van der Waals surface area contributed by atoms with Gasteiger partial charge in [-0.2, -0.15) is 13.2 Å². The van der Waals surface area contributed by atoms with E-state index in [1.807, 2.05) is 20.8 Å². The van der Waals surface area contributed by atoms with Crippen LogP contribution in [-0.4, -0.2) is 11.7 Å². The number of hydrogen-bond acceptors (Lipinski definition) is 1. The van der Waals surface area contributed by atoms with Gasteiger partial charge in [-0.3, -0.25) is 0 Å². The Morgan fingerprint density at radius 2 is 1.71 bits per heavy atom. The molecule has 1 fully saturated rings. The number of rotatable bonds is 0. The van der Waals surface area contributed by atoms with Gasteiger partial charge in [-0.05, 0) is 30.6 Å². The van der Waals surface area contributed by atoms with Gasteiger partial charge in [-0.1, -0.05) is 20.8 Å². The average Bonchev–Trinajstić information content (AvgIpc) is 1.76. The molecule has 0 aromatic carbocycles. The number of halogens is 3. The smallest absolute Gasteiger partial charge is 0.318 e. The molecule has 0 bridgehead atoms. The van der Waals surface area contributed by atoms with E-state index in [9.17, 15) is 13.2 Å². The van der Waals surface area contributed by atoms with Gasteiger partial charge >= 0.3 is 6.18 Å². The van der Waals surface area contributed by atoms with E-state index in [-0.39, 0.29) is 24.2 Å². The second kappa shape index (κ2) is 3.12. The molecule has 1 aliphatic rings. The predicted octanol–water partition coefficient (Wildman–Crippen LogP) is 3.09. The Morgan fingerprint density at radius 1 is 1.21 bits per heavy atom. The molecule has 4 heteroatoms. The van der Waals surface area contributed by atoms with E-state index in [1.54, 1.807) is 0 Å². The quantitative estimate of drug-likeness (QED) is 0.651. The van der Waals surface area contributed by atoms with Crippen LogP contribution in [0.25, 0.3) is 0 Å². The molecule has 14 heavy (non-hydrogen) atoms. The van der Waals surface area contributed by atoms with Crippen LogP contribution in [0, 0.1) is 11.3 Å². The SMILES string of the molecule is CC1CC(C)(C)CC(N)(C(F)(F)F)C1. The second-order valence-corrected chi connectivity index (χ2v) is 5.51. The first-order valence-corrected chi connectivity index (χ1v) is 4.91. The molecular formula is C10H18F3N. The summed E-state index contributed by atoms with van der Waals surface area (Å²) in [4.78, 5) is 0. The molecular weight excluding hydrogens is 191 g/mol. The van der Waals surface area contributed by atoms with Crippen LogP contribution in [0.3, 0.4) is 0 Å². The lowest BCUT2D eigenvalue weighted by molar-refractivity contribution is -0.207. The highest BCUT2D eigenvalue weighted by atomic mass is 19.4. The number of hydrogen-bond donors (Lipinski definition) is 1. The molecule has 1 saturated carbocycles. The second-order valence-electron chi connectivity index (χ2n) is 5.51. The molecule has 0 heterocycles. The van der Waals surface area contributed by atoms with Crippen LogP contribution in [0.4, 0.5) is 13.2 Å². The summed E-state index contributed by atoms with van der Waals surface area (Å²) in [6, 6.07) is 0. The van der Waals surface area contributed by atoms with Crippen molar-refractivity contribution in [3.05, 3.63) is 0 Å². The third-order valence-corrected chi connectivity index (χ3v) is 2.97. The van der Waals surface area contributed by atoms with Crippen molar-refractivity contribution in [2.24, 2.45) is 17.1 Å². The lowest BCUT2D eigenvalue weighted by atomic mass is 9.64. The molecule has 1 nitrogen and oxygen atoms in total. The van der Waals surface area contributed by atoms with Gasteiger partial charge in [0, 0.05) is 0 Å². The Balaban J connectivity index is 2.90. The Morgan fingerprint density at radius 3 is 2.07 bits per heavy atom. The first kappa shape index (κ1) is 11.8. The zero-order valence-electron chi connectivity index (χ0n) is 8.91. The Kier molecular flexibility index (Phi) is 2.64. The summed E-state index contributed by atoms with van der Waals surface area (Å²) in [7, 11) is 0. The number of nitrogens with two attached hydrogens (primary N) is 1. The largest absolute Gasteiger partial charge is 0.406 e. The Hall–Kier alpha value is -0.250. The van der Waals surface area contributed by atoms with Crippen molar-refractivity contribution in [2.75, 3.05) is 0 Å². The van der Waals surface area contributed by atoms with E-state index in [4.69, 9.17) is 5.73 Å². The first-order valence-electron chi connectivity index (χ1n) is 4.91. The first-order chi connectivity index (χ1) is 6.06. The normalized spacial score (nSPS) is 38.4. The Bertz CT molecular complexity index is 222. The van der Waals surface area contributed by atoms with Crippen molar-refractivity contribution in [2.45, 2.75) is 51.7 Å². The minimum Gasteiger partial charge on any atom is -0.318 e. The van der Waals surface area contributed by atoms with Crippen molar-refractivity contribution in [1.29, 1.82) is 0 Å². The summed E-state index contributed by atoms with van der Waals surface area (Å²) in [6.07, 6.45) is -3.37. The standard InChI is InChI=1S/C10H18F3N/c1-7-4-8(2,3)6-9(14,5-7)10(11,12)13/h7H,4-6,14H2,1-3H3. The molecule has 0 aromatic rings. The average molecular weight is 209 g/mol. The van der Waals surface area contributed by atoms with Gasteiger partial charge in [0.1, 0.15) is 5.54 Å². The van der Waals surface area contributed by atoms with E-state index < -0.39 is 11.7 Å². The third-order valence-electron chi connectivity index (χ3n) is 2.97. The van der Waals surface area contributed by atoms with Crippen LogP contribution < -0.4 is 5.73 Å². The molecule has 0 radical (unpaired) electrons. The van der Waals surface area contributed by atoms with Crippen LogP contribution in [0.1, 0.15) is 40.0 Å². The fourth-order valence-corrected chi connectivity index (χ4v) is 2.85. The fourth-order valence-electron chi connectivity index (χ4n) is 2.85. The topological polar surface area (TPSA) is 26.0 Å². The molecule has 1 aliphatic carbocycles. The van der Waals surface area contributed by atoms with Crippen molar-refractivity contribution < 1.29 is 13.2 Å². The van der Waals surface area contributed by atoms with Crippen LogP contribution in [0.15, 0.2) is 0 Å². The van der Waals surface area contributed by atoms with Gasteiger partial charge < -0.3 is 5.73 Å². The molecule has 2 atom stereocenters. The molecule has 0 saturated heterocycles. The van der Waals surface area contributed by atoms with Gasteiger partial charge in [0.15, 0.2) is 0 Å². The maximum Gasteiger partial charge on any atom is 0.406 e. The van der Waals surface area contributed by atoms with Crippen molar-refractivity contribution in [3.63, 3.8) is 0 Å². The van der Waals surface area contributed by atoms with E-state index in [0.717, 1.165) is 6.42 Å². The monoisotopic (exact) mass is 209 g/mol. The summed E-state index contributed by atoms with van der Waals surface area (Å²) >= 11 is 0. The zero-order chi connectivity index (χ0) is 11.2. The van der Waals surface area contributed by atoms with Gasteiger partial charge in [0.05, 0.1) is 0 Å². The molecule has 0 aromatic heterocycles. The van der Waals surface area contributed by atoms with E-state index in [1.165, 1.54) is 0 Å². The highest BCUT2D eigenvalue weighted by molar-refractivity contribution is 5.01. The fraction of sp³-hybridized carbons (Fsp3) is 1.00. The van der Waals surface area contributed by atoms with Gasteiger partial charge in [-0.15, -0.1) is 0 Å². The zero-order valence-corrected chi connectivity index (χ0v) is 8.91. The molecule has 2 N–H and O–H groups in total. The third kappa shape index (κ3) is 2.22. The minimum atomic E-state index is -4.28. The van der Waals surface area contributed by atoms with Gasteiger partial charge in [0.2, 0.25) is 0 Å². The molecule has 0 amide bonds. The Labute approximate surface area is 82.9 Å². The van der Waals surface area contributed by atoms with Crippen LogP contribution >= 0.6 is 0 Å². The lowest BCUT2D eigenvalue weighted by Gasteiger charge is -2.46. The lowest BCUT2D eigenvalue weighted by Crippen LogP contribution is -2.59. The van der Waals surface area contributed by atoms with Crippen LogP contribution in [-0.2, 0) is 0 Å².